The van der Waals surface area contributed by atoms with Gasteiger partial charge in [-0.3, -0.25) is 4.79 Å². The van der Waals surface area contributed by atoms with Gasteiger partial charge in [-0.2, -0.15) is 0 Å². The zero-order valence-corrected chi connectivity index (χ0v) is 15.9. The number of aryl methyl sites for hydroxylation is 1. The minimum Gasteiger partial charge on any atom is -0.333 e. The summed E-state index contributed by atoms with van der Waals surface area (Å²) in [6.45, 7) is 8.98. The quantitative estimate of drug-likeness (QED) is 0.909. The highest BCUT2D eigenvalue weighted by Crippen LogP contribution is 2.39. The fraction of sp³-hybridized carbons (Fsp3) is 0.556. The van der Waals surface area contributed by atoms with Gasteiger partial charge in [-0.15, -0.1) is 11.8 Å². The number of thioether (sulfide) groups is 1. The predicted molar refractivity (Wildman–Crippen MR) is 99.0 cm³/mol. The summed E-state index contributed by atoms with van der Waals surface area (Å²) in [7, 11) is 1.76. The van der Waals surface area contributed by atoms with E-state index in [1.807, 2.05) is 37.8 Å². The predicted octanol–water partition coefficient (Wildman–Crippen LogP) is 3.01. The number of carbonyl (C=O) groups is 2. The fourth-order valence-electron chi connectivity index (χ4n) is 2.59. The molecule has 132 valence electrons. The fourth-order valence-corrected chi connectivity index (χ4v) is 3.91. The van der Waals surface area contributed by atoms with Crippen molar-refractivity contribution in [3.63, 3.8) is 0 Å². The molecule has 1 aromatic carbocycles. The molecule has 1 N–H and O–H groups in total. The van der Waals surface area contributed by atoms with E-state index < -0.39 is 0 Å². The zero-order valence-electron chi connectivity index (χ0n) is 15.1. The minimum absolute atomic E-state index is 0.0396. The Bertz CT molecular complexity index is 613. The summed E-state index contributed by atoms with van der Waals surface area (Å²) in [6.07, 6.45) is 0. The highest BCUT2D eigenvalue weighted by Gasteiger charge is 2.33. The Morgan fingerprint density at radius 3 is 2.67 bits per heavy atom. The van der Waals surface area contributed by atoms with Gasteiger partial charge in [0.1, 0.15) is 5.37 Å². The van der Waals surface area contributed by atoms with Crippen molar-refractivity contribution in [3.05, 3.63) is 35.4 Å². The van der Waals surface area contributed by atoms with Crippen LogP contribution in [0.2, 0.25) is 0 Å². The second-order valence-electron chi connectivity index (χ2n) is 7.21. The van der Waals surface area contributed by atoms with E-state index in [0.29, 0.717) is 18.8 Å². The normalized spacial score (nSPS) is 18.0. The minimum atomic E-state index is -0.269. The van der Waals surface area contributed by atoms with E-state index in [1.165, 1.54) is 11.1 Å². The number of benzene rings is 1. The van der Waals surface area contributed by atoms with Crippen LogP contribution < -0.4 is 5.32 Å². The molecule has 1 unspecified atom stereocenters. The summed E-state index contributed by atoms with van der Waals surface area (Å²) in [5.41, 5.74) is 2.10. The third kappa shape index (κ3) is 4.66. The van der Waals surface area contributed by atoms with E-state index in [4.69, 9.17) is 0 Å². The van der Waals surface area contributed by atoms with Crippen LogP contribution in [-0.2, 0) is 4.79 Å². The van der Waals surface area contributed by atoms with Crippen LogP contribution in [0, 0.1) is 6.92 Å². The summed E-state index contributed by atoms with van der Waals surface area (Å²) in [4.78, 5) is 27.9. The van der Waals surface area contributed by atoms with Gasteiger partial charge in [0, 0.05) is 25.7 Å². The third-order valence-corrected chi connectivity index (χ3v) is 5.17. The van der Waals surface area contributed by atoms with Crippen molar-refractivity contribution in [2.75, 3.05) is 25.9 Å². The Morgan fingerprint density at radius 2 is 2.04 bits per heavy atom. The van der Waals surface area contributed by atoms with Gasteiger partial charge in [0.25, 0.3) is 0 Å². The summed E-state index contributed by atoms with van der Waals surface area (Å²) < 4.78 is 0. The number of urea groups is 1. The maximum atomic E-state index is 12.3. The highest BCUT2D eigenvalue weighted by molar-refractivity contribution is 8.00. The molecule has 0 aliphatic carbocycles. The molecule has 6 heteroatoms. The van der Waals surface area contributed by atoms with Crippen LogP contribution in [0.1, 0.15) is 37.3 Å². The summed E-state index contributed by atoms with van der Waals surface area (Å²) in [5, 5.41) is 2.98. The van der Waals surface area contributed by atoms with Gasteiger partial charge in [0.15, 0.2) is 0 Å². The summed E-state index contributed by atoms with van der Waals surface area (Å²) in [5.74, 6) is 0.634. The number of hydrogen-bond donors (Lipinski definition) is 1. The molecule has 0 aromatic heterocycles. The van der Waals surface area contributed by atoms with Crippen LogP contribution >= 0.6 is 11.8 Å². The van der Waals surface area contributed by atoms with E-state index in [9.17, 15) is 9.59 Å². The molecule has 1 heterocycles. The summed E-state index contributed by atoms with van der Waals surface area (Å²) >= 11 is 1.65. The van der Waals surface area contributed by atoms with Crippen molar-refractivity contribution in [1.29, 1.82) is 0 Å². The number of nitrogens with zero attached hydrogens (tertiary/aromatic N) is 2. The third-order valence-electron chi connectivity index (χ3n) is 3.93. The van der Waals surface area contributed by atoms with E-state index >= 15 is 0 Å². The van der Waals surface area contributed by atoms with Gasteiger partial charge in [0.05, 0.1) is 5.75 Å². The van der Waals surface area contributed by atoms with Crippen molar-refractivity contribution in [1.82, 2.24) is 15.1 Å². The Balaban J connectivity index is 2.01. The highest BCUT2D eigenvalue weighted by atomic mass is 32.2. The van der Waals surface area contributed by atoms with Crippen LogP contribution in [0.15, 0.2) is 24.3 Å². The smallest absolute Gasteiger partial charge is 0.317 e. The molecule has 1 aromatic rings. The van der Waals surface area contributed by atoms with Crippen LogP contribution in [0.5, 0.6) is 0 Å². The van der Waals surface area contributed by atoms with E-state index in [-0.39, 0.29) is 22.9 Å². The number of nitrogens with one attached hydrogen (secondary N) is 1. The van der Waals surface area contributed by atoms with E-state index in [1.54, 1.807) is 23.7 Å². The molecule has 24 heavy (non-hydrogen) atoms. The van der Waals surface area contributed by atoms with Crippen molar-refractivity contribution in [2.45, 2.75) is 38.6 Å². The number of rotatable bonds is 4. The standard InChI is InChI=1S/C18H27N3O2S/c1-13-8-6-7-9-14(13)16-21(15(22)12-24-16)11-10-20(5)17(23)19-18(2,3)4/h6-9,16H,10-12H2,1-5H3,(H,19,23). The topological polar surface area (TPSA) is 52.7 Å². The molecule has 0 saturated carbocycles. The van der Waals surface area contributed by atoms with Gasteiger partial charge < -0.3 is 15.1 Å². The number of carbonyl (C=O) groups excluding carboxylic acids is 2. The molecule has 1 atom stereocenters. The lowest BCUT2D eigenvalue weighted by atomic mass is 10.1. The number of likely N-dealkylation sites (N-methyl/N-ethyl adjacent to an activating group) is 1. The summed E-state index contributed by atoms with van der Waals surface area (Å²) in [6, 6.07) is 8.05. The first-order valence-electron chi connectivity index (χ1n) is 8.19. The van der Waals surface area contributed by atoms with Crippen molar-refractivity contribution < 1.29 is 9.59 Å². The number of amides is 3. The molecule has 1 saturated heterocycles. The maximum Gasteiger partial charge on any atom is 0.317 e. The van der Waals surface area contributed by atoms with Crippen LogP contribution in [0.4, 0.5) is 4.79 Å². The molecular formula is C18H27N3O2S. The van der Waals surface area contributed by atoms with Crippen molar-refractivity contribution >= 4 is 23.7 Å². The van der Waals surface area contributed by atoms with Crippen LogP contribution in [-0.4, -0.2) is 53.2 Å². The molecule has 0 spiro atoms. The molecule has 3 amide bonds. The molecule has 1 aliphatic heterocycles. The van der Waals surface area contributed by atoms with Gasteiger partial charge in [-0.25, -0.2) is 4.79 Å². The molecule has 2 rings (SSSR count). The second-order valence-corrected chi connectivity index (χ2v) is 8.28. The number of hydrogen-bond acceptors (Lipinski definition) is 3. The Hall–Kier alpha value is -1.69. The van der Waals surface area contributed by atoms with Crippen LogP contribution in [0.3, 0.4) is 0 Å². The molecule has 0 radical (unpaired) electrons. The molecule has 5 nitrogen and oxygen atoms in total. The first-order chi connectivity index (χ1) is 11.2. The average molecular weight is 350 g/mol. The first-order valence-corrected chi connectivity index (χ1v) is 9.24. The molecule has 1 aliphatic rings. The van der Waals surface area contributed by atoms with Crippen LogP contribution in [0.25, 0.3) is 0 Å². The maximum absolute atomic E-state index is 12.3. The van der Waals surface area contributed by atoms with Gasteiger partial charge in [-0.1, -0.05) is 24.3 Å². The lowest BCUT2D eigenvalue weighted by Gasteiger charge is -2.29. The van der Waals surface area contributed by atoms with E-state index in [2.05, 4.69) is 24.4 Å². The van der Waals surface area contributed by atoms with E-state index in [0.717, 1.165) is 0 Å². The first kappa shape index (κ1) is 18.6. The SMILES string of the molecule is Cc1ccccc1C1SCC(=O)N1CCN(C)C(=O)NC(C)(C)C. The zero-order chi connectivity index (χ0) is 17.9. The Kier molecular flexibility index (Phi) is 5.80. The van der Waals surface area contributed by atoms with Crippen molar-refractivity contribution in [2.24, 2.45) is 0 Å². The van der Waals surface area contributed by atoms with Gasteiger partial charge in [0.2, 0.25) is 5.91 Å². The monoisotopic (exact) mass is 349 g/mol. The lowest BCUT2D eigenvalue weighted by molar-refractivity contribution is -0.128. The lowest BCUT2D eigenvalue weighted by Crippen LogP contribution is -2.49. The Labute approximate surface area is 148 Å². The van der Waals surface area contributed by atoms with Crippen molar-refractivity contribution in [3.8, 4) is 0 Å². The second kappa shape index (κ2) is 7.47. The average Bonchev–Trinajstić information content (AvgIpc) is 2.84. The molecular weight excluding hydrogens is 322 g/mol. The molecule has 0 bridgehead atoms. The van der Waals surface area contributed by atoms with Gasteiger partial charge in [-0.05, 0) is 38.8 Å². The Morgan fingerprint density at radius 1 is 1.38 bits per heavy atom. The molecule has 1 fully saturated rings. The van der Waals surface area contributed by atoms with Gasteiger partial charge >= 0.3 is 6.03 Å². The largest absolute Gasteiger partial charge is 0.333 e.